The molecular weight excluding hydrogens is 230 g/mol. The van der Waals surface area contributed by atoms with Crippen LogP contribution in [0, 0.1) is 6.92 Å². The van der Waals surface area contributed by atoms with Gasteiger partial charge in [0, 0.05) is 15.3 Å². The van der Waals surface area contributed by atoms with E-state index >= 15 is 0 Å². The van der Waals surface area contributed by atoms with Crippen molar-refractivity contribution < 1.29 is 9.94 Å². The van der Waals surface area contributed by atoms with Gasteiger partial charge in [0.2, 0.25) is 12.4 Å². The van der Waals surface area contributed by atoms with Crippen molar-refractivity contribution in [3.8, 4) is 0 Å². The number of rotatable bonds is 0. The van der Waals surface area contributed by atoms with Gasteiger partial charge < -0.3 is 0 Å². The Hall–Kier alpha value is -1.09. The van der Waals surface area contributed by atoms with E-state index in [-0.39, 0.29) is 0 Å². The molecule has 1 aromatic carbocycles. The zero-order valence-corrected chi connectivity index (χ0v) is 8.75. The summed E-state index contributed by atoms with van der Waals surface area (Å²) in [7, 11) is 0. The first-order valence-corrected chi connectivity index (χ1v) is 4.77. The number of halogens is 1. The van der Waals surface area contributed by atoms with Crippen LogP contribution in [0.1, 0.15) is 5.56 Å². The van der Waals surface area contributed by atoms with Gasteiger partial charge in [-0.25, -0.2) is 0 Å². The predicted molar refractivity (Wildman–Crippen MR) is 53.8 cm³/mol. The Morgan fingerprint density at radius 2 is 2.08 bits per heavy atom. The second kappa shape index (κ2) is 3.00. The Bertz CT molecular complexity index is 462. The minimum atomic E-state index is 1.02. The van der Waals surface area contributed by atoms with E-state index in [1.54, 1.807) is 12.4 Å². The molecule has 0 radical (unpaired) electrons. The highest BCUT2D eigenvalue weighted by atomic mass is 79.9. The lowest BCUT2D eigenvalue weighted by molar-refractivity contribution is -0.904. The standard InChI is InChI=1S/C10H9BrNO/c1-7-2-3-8-4-5-12(13)6-9(8)10(7)11/h2-6,13H,1H3/q+1. The third kappa shape index (κ3) is 1.40. The van der Waals surface area contributed by atoms with Crippen molar-refractivity contribution in [3.63, 3.8) is 0 Å². The molecule has 0 saturated carbocycles. The number of aryl methyl sites for hydroxylation is 1. The fourth-order valence-electron chi connectivity index (χ4n) is 1.33. The van der Waals surface area contributed by atoms with Crippen LogP contribution in [0.4, 0.5) is 0 Å². The molecule has 0 aliphatic heterocycles. The topological polar surface area (TPSA) is 24.1 Å². The molecule has 0 atom stereocenters. The molecule has 0 unspecified atom stereocenters. The summed E-state index contributed by atoms with van der Waals surface area (Å²) in [5.41, 5.74) is 1.17. The lowest BCUT2D eigenvalue weighted by atomic mass is 10.1. The molecule has 1 aromatic heterocycles. The van der Waals surface area contributed by atoms with E-state index in [0.717, 1.165) is 20.0 Å². The summed E-state index contributed by atoms with van der Waals surface area (Å²) < 4.78 is 2.10. The summed E-state index contributed by atoms with van der Waals surface area (Å²) in [6.45, 7) is 2.03. The highest BCUT2D eigenvalue weighted by Gasteiger charge is 2.06. The Morgan fingerprint density at radius 1 is 1.31 bits per heavy atom. The fraction of sp³-hybridized carbons (Fsp3) is 0.100. The zero-order chi connectivity index (χ0) is 9.42. The second-order valence-corrected chi connectivity index (χ2v) is 3.82. The molecule has 66 valence electrons. The van der Waals surface area contributed by atoms with Crippen LogP contribution >= 0.6 is 15.9 Å². The molecule has 13 heavy (non-hydrogen) atoms. The first kappa shape index (κ1) is 8.51. The third-order valence-corrected chi connectivity index (χ3v) is 3.13. The van der Waals surface area contributed by atoms with Crippen molar-refractivity contribution in [2.24, 2.45) is 0 Å². The van der Waals surface area contributed by atoms with Gasteiger partial charge in [-0.3, -0.25) is 5.21 Å². The summed E-state index contributed by atoms with van der Waals surface area (Å²) in [6, 6.07) is 5.96. The van der Waals surface area contributed by atoms with Crippen molar-refractivity contribution in [2.75, 3.05) is 0 Å². The van der Waals surface area contributed by atoms with Crippen LogP contribution in [-0.4, -0.2) is 5.21 Å². The number of hydrogen-bond acceptors (Lipinski definition) is 1. The predicted octanol–water partition coefficient (Wildman–Crippen LogP) is 2.44. The molecule has 1 N–H and O–H groups in total. The molecule has 0 spiro atoms. The van der Waals surface area contributed by atoms with Crippen LogP contribution < -0.4 is 4.73 Å². The average molecular weight is 239 g/mol. The minimum absolute atomic E-state index is 1.02. The Balaban J connectivity index is 2.89. The molecule has 2 rings (SSSR count). The number of hydrogen-bond donors (Lipinski definition) is 1. The summed E-state index contributed by atoms with van der Waals surface area (Å²) in [5.74, 6) is 0. The largest absolute Gasteiger partial charge is 0.285 e. The van der Waals surface area contributed by atoms with Crippen molar-refractivity contribution in [1.82, 2.24) is 0 Å². The minimum Gasteiger partial charge on any atom is -0.285 e. The van der Waals surface area contributed by atoms with Crippen molar-refractivity contribution in [1.29, 1.82) is 0 Å². The number of fused-ring (bicyclic) bond motifs is 1. The highest BCUT2D eigenvalue weighted by molar-refractivity contribution is 9.10. The lowest BCUT2D eigenvalue weighted by Crippen LogP contribution is -2.27. The van der Waals surface area contributed by atoms with Gasteiger partial charge in [-0.15, -0.1) is 0 Å². The normalized spacial score (nSPS) is 10.6. The van der Waals surface area contributed by atoms with Gasteiger partial charge in [-0.1, -0.05) is 12.1 Å². The molecule has 0 aliphatic rings. The van der Waals surface area contributed by atoms with Crippen molar-refractivity contribution in [3.05, 3.63) is 40.6 Å². The Morgan fingerprint density at radius 3 is 2.85 bits per heavy atom. The number of benzene rings is 1. The smallest absolute Gasteiger partial charge is 0.231 e. The van der Waals surface area contributed by atoms with Gasteiger partial charge in [0.15, 0.2) is 0 Å². The average Bonchev–Trinajstić information content (AvgIpc) is 2.12. The summed E-state index contributed by atoms with van der Waals surface area (Å²) in [5, 5.41) is 11.4. The molecule has 2 nitrogen and oxygen atoms in total. The van der Waals surface area contributed by atoms with Gasteiger partial charge >= 0.3 is 0 Å². The SMILES string of the molecule is Cc1ccc2cc[n+](O)cc2c1Br. The zero-order valence-electron chi connectivity index (χ0n) is 7.16. The Kier molecular flexibility index (Phi) is 1.96. The van der Waals surface area contributed by atoms with Crippen LogP contribution in [0.15, 0.2) is 35.1 Å². The quantitative estimate of drug-likeness (QED) is 0.554. The van der Waals surface area contributed by atoms with Gasteiger partial charge in [0.05, 0.1) is 5.39 Å². The van der Waals surface area contributed by atoms with Crippen molar-refractivity contribution >= 4 is 26.7 Å². The maximum absolute atomic E-state index is 9.24. The number of pyridine rings is 1. The molecule has 0 amide bonds. The van der Waals surface area contributed by atoms with Gasteiger partial charge in [-0.2, -0.15) is 0 Å². The molecule has 0 fully saturated rings. The van der Waals surface area contributed by atoms with Gasteiger partial charge in [0.25, 0.3) is 0 Å². The first-order valence-electron chi connectivity index (χ1n) is 3.98. The molecular formula is C10H9BrNO+. The molecule has 0 aliphatic carbocycles. The van der Waals surface area contributed by atoms with E-state index in [0.29, 0.717) is 0 Å². The number of aromatic nitrogens is 1. The summed E-state index contributed by atoms with van der Waals surface area (Å²) >= 11 is 3.49. The van der Waals surface area contributed by atoms with Crippen molar-refractivity contribution in [2.45, 2.75) is 6.92 Å². The summed E-state index contributed by atoms with van der Waals surface area (Å²) in [6.07, 6.45) is 3.30. The van der Waals surface area contributed by atoms with E-state index in [1.165, 1.54) is 5.56 Å². The summed E-state index contributed by atoms with van der Waals surface area (Å²) in [4.78, 5) is 0. The van der Waals surface area contributed by atoms with E-state index in [2.05, 4.69) is 15.9 Å². The third-order valence-electron chi connectivity index (χ3n) is 2.07. The fourth-order valence-corrected chi connectivity index (χ4v) is 1.79. The van der Waals surface area contributed by atoms with Crippen LogP contribution in [-0.2, 0) is 0 Å². The first-order chi connectivity index (χ1) is 6.18. The second-order valence-electron chi connectivity index (χ2n) is 3.02. The molecule has 0 saturated heterocycles. The van der Waals surface area contributed by atoms with E-state index in [4.69, 9.17) is 0 Å². The lowest BCUT2D eigenvalue weighted by Gasteiger charge is -2.00. The molecule has 2 aromatic rings. The van der Waals surface area contributed by atoms with Crippen LogP contribution in [0.2, 0.25) is 0 Å². The van der Waals surface area contributed by atoms with Gasteiger partial charge in [-0.05, 0) is 33.8 Å². The highest BCUT2D eigenvalue weighted by Crippen LogP contribution is 2.25. The monoisotopic (exact) mass is 238 g/mol. The van der Waals surface area contributed by atoms with Crippen LogP contribution in [0.3, 0.4) is 0 Å². The molecule has 3 heteroatoms. The maximum Gasteiger partial charge on any atom is 0.231 e. The maximum atomic E-state index is 9.24. The Labute approximate surface area is 84.5 Å². The number of nitrogens with zero attached hydrogens (tertiary/aromatic N) is 1. The molecule has 0 bridgehead atoms. The van der Waals surface area contributed by atoms with Crippen LogP contribution in [0.25, 0.3) is 10.8 Å². The molecule has 1 heterocycles. The van der Waals surface area contributed by atoms with E-state index < -0.39 is 0 Å². The van der Waals surface area contributed by atoms with E-state index in [1.807, 2.05) is 25.1 Å². The van der Waals surface area contributed by atoms with Crippen LogP contribution in [0.5, 0.6) is 0 Å². The van der Waals surface area contributed by atoms with Gasteiger partial charge in [0.1, 0.15) is 0 Å². The van der Waals surface area contributed by atoms with E-state index in [9.17, 15) is 5.21 Å².